The Morgan fingerprint density at radius 1 is 0.833 bits per heavy atom. The van der Waals surface area contributed by atoms with Crippen molar-refractivity contribution in [3.8, 4) is 0 Å². The van der Waals surface area contributed by atoms with Gasteiger partial charge in [0.25, 0.3) is 11.8 Å². The maximum atomic E-state index is 12.4. The lowest BCUT2D eigenvalue weighted by Crippen LogP contribution is -2.34. The molecule has 3 aromatic rings. The molecule has 1 aromatic heterocycles. The molecule has 1 aliphatic heterocycles. The zero-order valence-corrected chi connectivity index (χ0v) is 16.7. The van der Waals surface area contributed by atoms with Crippen molar-refractivity contribution in [2.75, 3.05) is 24.5 Å². The highest BCUT2D eigenvalue weighted by atomic mass is 16.2. The van der Waals surface area contributed by atoms with Crippen molar-refractivity contribution in [1.82, 2.24) is 15.6 Å². The van der Waals surface area contributed by atoms with Crippen LogP contribution in [-0.4, -0.2) is 36.4 Å². The van der Waals surface area contributed by atoms with Crippen LogP contribution in [0.1, 0.15) is 31.8 Å². The molecule has 2 amide bonds. The van der Waals surface area contributed by atoms with Gasteiger partial charge < -0.3 is 15.5 Å². The molecule has 0 saturated carbocycles. The molecule has 152 valence electrons. The highest BCUT2D eigenvalue weighted by Gasteiger charge is 2.16. The third-order valence-corrected chi connectivity index (χ3v) is 5.25. The van der Waals surface area contributed by atoms with Crippen molar-refractivity contribution in [3.63, 3.8) is 0 Å². The number of benzene rings is 2. The second-order valence-electron chi connectivity index (χ2n) is 7.24. The number of anilines is 1. The summed E-state index contributed by atoms with van der Waals surface area (Å²) in [6.07, 6.45) is 4.16. The van der Waals surface area contributed by atoms with E-state index in [4.69, 9.17) is 0 Å². The van der Waals surface area contributed by atoms with Gasteiger partial charge in [0.05, 0.1) is 5.56 Å². The van der Waals surface area contributed by atoms with Gasteiger partial charge in [-0.25, -0.2) is 0 Å². The number of rotatable bonds is 6. The number of hydrogen-bond acceptors (Lipinski definition) is 4. The first-order valence-corrected chi connectivity index (χ1v) is 10.1. The van der Waals surface area contributed by atoms with Gasteiger partial charge in [0.2, 0.25) is 0 Å². The monoisotopic (exact) mass is 400 g/mol. The van der Waals surface area contributed by atoms with Gasteiger partial charge in [0.15, 0.2) is 0 Å². The number of carbonyl (C=O) groups excluding carboxylic acids is 2. The highest BCUT2D eigenvalue weighted by molar-refractivity contribution is 5.95. The number of fused-ring (bicyclic) bond motifs is 1. The van der Waals surface area contributed by atoms with E-state index in [0.717, 1.165) is 25.2 Å². The molecule has 4 rings (SSSR count). The van der Waals surface area contributed by atoms with Crippen molar-refractivity contribution in [1.29, 1.82) is 0 Å². The van der Waals surface area contributed by atoms with E-state index in [9.17, 15) is 9.59 Å². The lowest BCUT2D eigenvalue weighted by molar-refractivity contribution is 0.0927. The van der Waals surface area contributed by atoms with Crippen molar-refractivity contribution in [3.05, 3.63) is 95.3 Å². The van der Waals surface area contributed by atoms with Gasteiger partial charge in [0.1, 0.15) is 0 Å². The summed E-state index contributed by atoms with van der Waals surface area (Å²) >= 11 is 0. The van der Waals surface area contributed by atoms with Crippen LogP contribution in [0.3, 0.4) is 0 Å². The standard InChI is InChI=1S/C24H24N4O2/c29-23(26-13-14-27-24(30)20-6-3-12-25-16-20)19-7-9-22(10-8-19)28-15-11-18-4-1-2-5-21(18)17-28/h1-10,12,16H,11,13-15,17H2,(H,26,29)(H,27,30). The molecule has 0 spiro atoms. The fourth-order valence-electron chi connectivity index (χ4n) is 3.59. The average molecular weight is 400 g/mol. The molecule has 6 nitrogen and oxygen atoms in total. The van der Waals surface area contributed by atoms with Gasteiger partial charge in [-0.1, -0.05) is 24.3 Å². The van der Waals surface area contributed by atoms with E-state index in [1.165, 1.54) is 17.3 Å². The summed E-state index contributed by atoms with van der Waals surface area (Å²) in [6.45, 7) is 2.57. The zero-order valence-electron chi connectivity index (χ0n) is 16.7. The van der Waals surface area contributed by atoms with Crippen LogP contribution in [0.25, 0.3) is 0 Å². The van der Waals surface area contributed by atoms with Crippen molar-refractivity contribution >= 4 is 17.5 Å². The molecule has 0 saturated heterocycles. The lowest BCUT2D eigenvalue weighted by atomic mass is 9.99. The molecule has 2 N–H and O–H groups in total. The molecule has 0 unspecified atom stereocenters. The smallest absolute Gasteiger partial charge is 0.252 e. The quantitative estimate of drug-likeness (QED) is 0.624. The fourth-order valence-corrected chi connectivity index (χ4v) is 3.59. The van der Waals surface area contributed by atoms with E-state index in [0.29, 0.717) is 24.2 Å². The summed E-state index contributed by atoms with van der Waals surface area (Å²) in [4.78, 5) is 30.6. The Bertz CT molecular complexity index is 1020. The summed E-state index contributed by atoms with van der Waals surface area (Å²) < 4.78 is 0. The van der Waals surface area contributed by atoms with Crippen molar-refractivity contribution < 1.29 is 9.59 Å². The Kier molecular flexibility index (Phi) is 6.03. The van der Waals surface area contributed by atoms with Crippen LogP contribution < -0.4 is 15.5 Å². The molecule has 1 aliphatic rings. The molecule has 0 fully saturated rings. The van der Waals surface area contributed by atoms with Gasteiger partial charge in [-0.3, -0.25) is 14.6 Å². The van der Waals surface area contributed by atoms with Crippen molar-refractivity contribution in [2.45, 2.75) is 13.0 Å². The van der Waals surface area contributed by atoms with Crippen LogP contribution >= 0.6 is 0 Å². The number of pyridine rings is 1. The predicted molar refractivity (Wildman–Crippen MR) is 117 cm³/mol. The molecule has 0 aliphatic carbocycles. The summed E-state index contributed by atoms with van der Waals surface area (Å²) in [5.74, 6) is -0.356. The Morgan fingerprint density at radius 3 is 2.23 bits per heavy atom. The Hall–Kier alpha value is -3.67. The van der Waals surface area contributed by atoms with Crippen LogP contribution in [-0.2, 0) is 13.0 Å². The SMILES string of the molecule is O=C(NCCNC(=O)c1cccnc1)c1ccc(N2CCc3ccccc3C2)cc1. The topological polar surface area (TPSA) is 74.3 Å². The minimum Gasteiger partial charge on any atom is -0.367 e. The fraction of sp³-hybridized carbons (Fsp3) is 0.208. The van der Waals surface area contributed by atoms with Gasteiger partial charge in [-0.05, 0) is 53.9 Å². The molecule has 0 radical (unpaired) electrons. The normalized spacial score (nSPS) is 12.7. The predicted octanol–water partition coefficient (Wildman–Crippen LogP) is 2.80. The van der Waals surface area contributed by atoms with E-state index in [1.54, 1.807) is 18.3 Å². The van der Waals surface area contributed by atoms with E-state index < -0.39 is 0 Å². The van der Waals surface area contributed by atoms with Crippen molar-refractivity contribution in [2.24, 2.45) is 0 Å². The van der Waals surface area contributed by atoms with Gasteiger partial charge in [-0.15, -0.1) is 0 Å². The van der Waals surface area contributed by atoms with Gasteiger partial charge in [0, 0.05) is 49.8 Å². The Balaban J connectivity index is 1.26. The molecular formula is C24H24N4O2. The van der Waals surface area contributed by atoms with Gasteiger partial charge >= 0.3 is 0 Å². The second kappa shape index (κ2) is 9.22. The van der Waals surface area contributed by atoms with Gasteiger partial charge in [-0.2, -0.15) is 0 Å². The summed E-state index contributed by atoms with van der Waals surface area (Å²) in [5.41, 5.74) is 5.00. The minimum atomic E-state index is -0.204. The first-order chi connectivity index (χ1) is 14.7. The number of amides is 2. The number of hydrogen-bond donors (Lipinski definition) is 2. The molecule has 30 heavy (non-hydrogen) atoms. The molecule has 2 aromatic carbocycles. The van der Waals surface area contributed by atoms with Crippen LogP contribution in [0.15, 0.2) is 73.1 Å². The molecule has 0 bridgehead atoms. The number of aromatic nitrogens is 1. The minimum absolute atomic E-state index is 0.152. The van der Waals surface area contributed by atoms with Crippen LogP contribution in [0, 0.1) is 0 Å². The first-order valence-electron chi connectivity index (χ1n) is 10.1. The molecule has 6 heteroatoms. The van der Waals surface area contributed by atoms with Crippen LogP contribution in [0.4, 0.5) is 5.69 Å². The van der Waals surface area contributed by atoms with E-state index in [1.807, 2.05) is 24.3 Å². The second-order valence-corrected chi connectivity index (χ2v) is 7.24. The highest BCUT2D eigenvalue weighted by Crippen LogP contribution is 2.24. The number of nitrogens with zero attached hydrogens (tertiary/aromatic N) is 2. The lowest BCUT2D eigenvalue weighted by Gasteiger charge is -2.30. The molecular weight excluding hydrogens is 376 g/mol. The van der Waals surface area contributed by atoms with E-state index in [2.05, 4.69) is 44.8 Å². The number of nitrogens with one attached hydrogen (secondary N) is 2. The van der Waals surface area contributed by atoms with Crippen LogP contribution in [0.5, 0.6) is 0 Å². The Morgan fingerprint density at radius 2 is 1.53 bits per heavy atom. The maximum Gasteiger partial charge on any atom is 0.252 e. The van der Waals surface area contributed by atoms with Crippen LogP contribution in [0.2, 0.25) is 0 Å². The zero-order chi connectivity index (χ0) is 20.8. The first kappa shape index (κ1) is 19.6. The maximum absolute atomic E-state index is 12.4. The van der Waals surface area contributed by atoms with E-state index in [-0.39, 0.29) is 11.8 Å². The summed E-state index contributed by atoms with van der Waals surface area (Å²) in [7, 11) is 0. The summed E-state index contributed by atoms with van der Waals surface area (Å²) in [6, 6.07) is 19.6. The third kappa shape index (κ3) is 4.66. The largest absolute Gasteiger partial charge is 0.367 e. The Labute approximate surface area is 175 Å². The average Bonchev–Trinajstić information content (AvgIpc) is 2.82. The molecule has 2 heterocycles. The molecule has 0 atom stereocenters. The summed E-state index contributed by atoms with van der Waals surface area (Å²) in [5, 5.41) is 5.60. The number of carbonyl (C=O) groups is 2. The third-order valence-electron chi connectivity index (χ3n) is 5.25. The van der Waals surface area contributed by atoms with E-state index >= 15 is 0 Å².